The Morgan fingerprint density at radius 1 is 1.14 bits per heavy atom. The van der Waals surface area contributed by atoms with E-state index in [0.717, 1.165) is 16.9 Å². The van der Waals surface area contributed by atoms with Gasteiger partial charge in [-0.1, -0.05) is 32.9 Å². The minimum Gasteiger partial charge on any atom is -0.438 e. The maximum atomic E-state index is 5.91. The monoisotopic (exact) mass is 287 g/mol. The Balaban J connectivity index is 2.44. The van der Waals surface area contributed by atoms with Gasteiger partial charge in [-0.2, -0.15) is 9.97 Å². The van der Waals surface area contributed by atoms with Gasteiger partial charge in [-0.15, -0.1) is 0 Å². The fourth-order valence-electron chi connectivity index (χ4n) is 2.02. The zero-order valence-electron chi connectivity index (χ0n) is 12.8. The highest BCUT2D eigenvalue weighted by molar-refractivity contribution is 5.46. The molecule has 0 unspecified atom stereocenters. The molecule has 0 spiro atoms. The molecule has 2 aromatic rings. The number of nitrogens with zero attached hydrogens (tertiary/aromatic N) is 2. The van der Waals surface area contributed by atoms with Gasteiger partial charge in [-0.3, -0.25) is 0 Å². The van der Waals surface area contributed by atoms with Gasteiger partial charge in [0.15, 0.2) is 0 Å². The van der Waals surface area contributed by atoms with Crippen LogP contribution >= 0.6 is 0 Å². The number of rotatable bonds is 3. The van der Waals surface area contributed by atoms with Gasteiger partial charge in [-0.05, 0) is 24.0 Å². The van der Waals surface area contributed by atoms with Crippen molar-refractivity contribution >= 4 is 11.8 Å². The summed E-state index contributed by atoms with van der Waals surface area (Å²) >= 11 is 0. The molecule has 0 aliphatic rings. The van der Waals surface area contributed by atoms with Crippen molar-refractivity contribution in [1.82, 2.24) is 9.97 Å². The molecule has 0 saturated carbocycles. The fourth-order valence-corrected chi connectivity index (χ4v) is 2.02. The van der Waals surface area contributed by atoms with Gasteiger partial charge in [0.2, 0.25) is 11.8 Å². The molecule has 6 nitrogen and oxygen atoms in total. The molecule has 0 bridgehead atoms. The normalized spacial score (nSPS) is 11.3. The Labute approximate surface area is 124 Å². The summed E-state index contributed by atoms with van der Waals surface area (Å²) < 4.78 is 5.91. The smallest absolute Gasteiger partial charge is 0.226 e. The van der Waals surface area contributed by atoms with E-state index in [1.807, 2.05) is 13.0 Å². The summed E-state index contributed by atoms with van der Waals surface area (Å²) in [6.45, 7) is 8.41. The molecule has 0 radical (unpaired) electrons. The highest BCUT2D eigenvalue weighted by Crippen LogP contribution is 2.34. The average molecular weight is 287 g/mol. The molecule has 6 heteroatoms. The van der Waals surface area contributed by atoms with Crippen LogP contribution in [0.25, 0.3) is 0 Å². The molecule has 0 fully saturated rings. The van der Waals surface area contributed by atoms with Crippen LogP contribution in [0.3, 0.4) is 0 Å². The van der Waals surface area contributed by atoms with Crippen molar-refractivity contribution in [2.75, 3.05) is 11.2 Å². The predicted octanol–water partition coefficient (Wildman–Crippen LogP) is 2.74. The second-order valence-electron chi connectivity index (χ2n) is 5.95. The summed E-state index contributed by atoms with van der Waals surface area (Å²) in [6, 6.07) is 7.71. The zero-order valence-corrected chi connectivity index (χ0v) is 12.8. The standard InChI is InChI=1S/C15H21N5O/c1-9-5-6-10(15(2,3)4)11(7-9)21-13-8-12(20-17)18-14(16)19-13/h5-8H,17H2,1-4H3,(H3,16,18,19,20). The molecular weight excluding hydrogens is 266 g/mol. The first-order valence-electron chi connectivity index (χ1n) is 6.70. The summed E-state index contributed by atoms with van der Waals surface area (Å²) in [5, 5.41) is 0. The van der Waals surface area contributed by atoms with Crippen LogP contribution in [0, 0.1) is 6.92 Å². The molecule has 21 heavy (non-hydrogen) atoms. The molecule has 1 heterocycles. The van der Waals surface area contributed by atoms with Gasteiger partial charge in [0.25, 0.3) is 0 Å². The molecule has 1 aromatic heterocycles. The second-order valence-corrected chi connectivity index (χ2v) is 5.95. The zero-order chi connectivity index (χ0) is 15.6. The largest absolute Gasteiger partial charge is 0.438 e. The molecule has 112 valence electrons. The van der Waals surface area contributed by atoms with Crippen molar-refractivity contribution in [2.45, 2.75) is 33.1 Å². The van der Waals surface area contributed by atoms with Gasteiger partial charge in [0.05, 0.1) is 0 Å². The van der Waals surface area contributed by atoms with E-state index in [4.69, 9.17) is 16.3 Å². The molecule has 2 rings (SSSR count). The van der Waals surface area contributed by atoms with E-state index in [0.29, 0.717) is 11.7 Å². The van der Waals surface area contributed by atoms with Crippen LogP contribution in [0.5, 0.6) is 11.6 Å². The van der Waals surface area contributed by atoms with Crippen molar-refractivity contribution in [3.05, 3.63) is 35.4 Å². The van der Waals surface area contributed by atoms with E-state index < -0.39 is 0 Å². The summed E-state index contributed by atoms with van der Waals surface area (Å²) in [5.41, 5.74) is 10.2. The molecule has 5 N–H and O–H groups in total. The maximum Gasteiger partial charge on any atom is 0.226 e. The molecule has 0 aliphatic heterocycles. The third-order valence-electron chi connectivity index (χ3n) is 3.03. The molecule has 0 atom stereocenters. The van der Waals surface area contributed by atoms with Gasteiger partial charge < -0.3 is 15.9 Å². The maximum absolute atomic E-state index is 5.91. The number of aryl methyl sites for hydroxylation is 1. The number of hydrazine groups is 1. The fraction of sp³-hybridized carbons (Fsp3) is 0.333. The highest BCUT2D eigenvalue weighted by atomic mass is 16.5. The van der Waals surface area contributed by atoms with Gasteiger partial charge in [0.1, 0.15) is 11.6 Å². The second kappa shape index (κ2) is 5.57. The van der Waals surface area contributed by atoms with Crippen LogP contribution in [0.2, 0.25) is 0 Å². The van der Waals surface area contributed by atoms with Crippen molar-refractivity contribution < 1.29 is 4.74 Å². The first-order chi connectivity index (χ1) is 9.79. The number of ether oxygens (including phenoxy) is 1. The number of nitrogens with one attached hydrogen (secondary N) is 1. The lowest BCUT2D eigenvalue weighted by atomic mass is 9.86. The van der Waals surface area contributed by atoms with E-state index >= 15 is 0 Å². The predicted molar refractivity (Wildman–Crippen MR) is 84.2 cm³/mol. The lowest BCUT2D eigenvalue weighted by Gasteiger charge is -2.23. The molecule has 1 aromatic carbocycles. The minimum absolute atomic E-state index is 0.0451. The number of benzene rings is 1. The Hall–Kier alpha value is -2.34. The number of hydrogen-bond donors (Lipinski definition) is 3. The lowest BCUT2D eigenvalue weighted by Crippen LogP contribution is -2.13. The van der Waals surface area contributed by atoms with Crippen LogP contribution in [-0.2, 0) is 5.41 Å². The van der Waals surface area contributed by atoms with E-state index in [1.54, 1.807) is 6.07 Å². The molecular formula is C15H21N5O. The van der Waals surface area contributed by atoms with Crippen molar-refractivity contribution in [3.8, 4) is 11.6 Å². The van der Waals surface area contributed by atoms with Crippen molar-refractivity contribution in [2.24, 2.45) is 5.84 Å². The van der Waals surface area contributed by atoms with Crippen molar-refractivity contribution in [3.63, 3.8) is 0 Å². The van der Waals surface area contributed by atoms with Gasteiger partial charge in [0, 0.05) is 11.6 Å². The highest BCUT2D eigenvalue weighted by Gasteiger charge is 2.20. The third-order valence-corrected chi connectivity index (χ3v) is 3.03. The van der Waals surface area contributed by atoms with Crippen LogP contribution in [0.15, 0.2) is 24.3 Å². The Morgan fingerprint density at radius 3 is 2.48 bits per heavy atom. The first kappa shape index (κ1) is 15.1. The van der Waals surface area contributed by atoms with E-state index in [1.165, 1.54) is 0 Å². The van der Waals surface area contributed by atoms with Gasteiger partial charge in [-0.25, -0.2) is 5.84 Å². The minimum atomic E-state index is -0.0451. The number of nitrogen functional groups attached to an aromatic ring is 2. The van der Waals surface area contributed by atoms with Crippen LogP contribution in [0.1, 0.15) is 31.9 Å². The van der Waals surface area contributed by atoms with Gasteiger partial charge >= 0.3 is 0 Å². The molecule has 0 amide bonds. The molecule has 0 aliphatic carbocycles. The number of anilines is 2. The number of aromatic nitrogens is 2. The number of nitrogens with two attached hydrogens (primary N) is 2. The summed E-state index contributed by atoms with van der Waals surface area (Å²) in [4.78, 5) is 8.01. The Kier molecular flexibility index (Phi) is 3.99. The SMILES string of the molecule is Cc1ccc(C(C)(C)C)c(Oc2cc(NN)nc(N)n2)c1. The number of hydrogen-bond acceptors (Lipinski definition) is 6. The van der Waals surface area contributed by atoms with E-state index in [2.05, 4.69) is 48.3 Å². The van der Waals surface area contributed by atoms with Crippen LogP contribution in [0.4, 0.5) is 11.8 Å². The Morgan fingerprint density at radius 2 is 1.86 bits per heavy atom. The lowest BCUT2D eigenvalue weighted by molar-refractivity contribution is 0.439. The summed E-state index contributed by atoms with van der Waals surface area (Å²) in [7, 11) is 0. The Bertz CT molecular complexity index is 649. The summed E-state index contributed by atoms with van der Waals surface area (Å²) in [5.74, 6) is 6.97. The quantitative estimate of drug-likeness (QED) is 0.593. The average Bonchev–Trinajstić information content (AvgIpc) is 2.36. The third kappa shape index (κ3) is 3.61. The molecule has 0 saturated heterocycles. The topological polar surface area (TPSA) is 99.1 Å². The van der Waals surface area contributed by atoms with Crippen LogP contribution in [-0.4, -0.2) is 9.97 Å². The first-order valence-corrected chi connectivity index (χ1v) is 6.70. The van der Waals surface area contributed by atoms with E-state index in [9.17, 15) is 0 Å². The van der Waals surface area contributed by atoms with E-state index in [-0.39, 0.29) is 11.4 Å². The van der Waals surface area contributed by atoms with Crippen LogP contribution < -0.4 is 21.7 Å². The summed E-state index contributed by atoms with van der Waals surface area (Å²) in [6.07, 6.45) is 0. The van der Waals surface area contributed by atoms with Crippen molar-refractivity contribution in [1.29, 1.82) is 0 Å².